The topological polar surface area (TPSA) is 77.2 Å². The lowest BCUT2D eigenvalue weighted by molar-refractivity contribution is -0.116. The molecule has 1 heterocycles. The van der Waals surface area contributed by atoms with E-state index in [0.717, 1.165) is 19.3 Å². The number of hydrogen-bond donors (Lipinski definition) is 2. The van der Waals surface area contributed by atoms with Crippen molar-refractivity contribution < 1.29 is 9.53 Å². The van der Waals surface area contributed by atoms with Crippen LogP contribution in [0.2, 0.25) is 0 Å². The molecule has 0 radical (unpaired) electrons. The number of unbranched alkanes of at least 4 members (excludes halogenated alkanes) is 2. The average Bonchev–Trinajstić information content (AvgIpc) is 2.37. The first-order chi connectivity index (χ1) is 8.76. The maximum absolute atomic E-state index is 11.6. The van der Waals surface area contributed by atoms with Gasteiger partial charge in [-0.1, -0.05) is 6.42 Å². The zero-order valence-electron chi connectivity index (χ0n) is 10.8. The van der Waals surface area contributed by atoms with Gasteiger partial charge in [-0.05, 0) is 32.4 Å². The van der Waals surface area contributed by atoms with Crippen LogP contribution in [0.4, 0.5) is 5.69 Å². The first-order valence-electron chi connectivity index (χ1n) is 6.35. The first kappa shape index (κ1) is 14.4. The predicted octanol–water partition coefficient (Wildman–Crippen LogP) is 1.94. The van der Waals surface area contributed by atoms with Gasteiger partial charge in [-0.25, -0.2) is 4.98 Å². The SMILES string of the molecule is CCOc1ccc(NC(=O)CCCCCN)cn1. The Morgan fingerprint density at radius 1 is 1.39 bits per heavy atom. The normalized spacial score (nSPS) is 10.1. The van der Waals surface area contributed by atoms with Gasteiger partial charge >= 0.3 is 0 Å². The molecule has 0 aliphatic rings. The van der Waals surface area contributed by atoms with Crippen LogP contribution in [0.1, 0.15) is 32.6 Å². The number of hydrogen-bond acceptors (Lipinski definition) is 4. The molecule has 1 aromatic heterocycles. The monoisotopic (exact) mass is 251 g/mol. The van der Waals surface area contributed by atoms with Gasteiger partial charge in [-0.3, -0.25) is 4.79 Å². The van der Waals surface area contributed by atoms with Crippen molar-refractivity contribution in [3.05, 3.63) is 18.3 Å². The lowest BCUT2D eigenvalue weighted by Crippen LogP contribution is -2.11. The van der Waals surface area contributed by atoms with E-state index in [1.807, 2.05) is 6.92 Å². The van der Waals surface area contributed by atoms with Crippen LogP contribution in [-0.4, -0.2) is 24.0 Å². The maximum Gasteiger partial charge on any atom is 0.224 e. The molecule has 3 N–H and O–H groups in total. The second-order valence-electron chi connectivity index (χ2n) is 3.97. The lowest BCUT2D eigenvalue weighted by atomic mass is 10.2. The van der Waals surface area contributed by atoms with Gasteiger partial charge in [0, 0.05) is 12.5 Å². The number of carbonyl (C=O) groups is 1. The predicted molar refractivity (Wildman–Crippen MR) is 71.6 cm³/mol. The molecule has 5 nitrogen and oxygen atoms in total. The van der Waals surface area contributed by atoms with Crippen LogP contribution < -0.4 is 15.8 Å². The van der Waals surface area contributed by atoms with Gasteiger partial charge in [0.05, 0.1) is 18.5 Å². The molecule has 0 fully saturated rings. The standard InChI is InChI=1S/C13H21N3O2/c1-2-18-13-8-7-11(10-15-13)16-12(17)6-4-3-5-9-14/h7-8,10H,2-6,9,14H2,1H3,(H,16,17). The number of pyridine rings is 1. The van der Waals surface area contributed by atoms with Crippen LogP contribution in [0.5, 0.6) is 5.88 Å². The fraction of sp³-hybridized carbons (Fsp3) is 0.538. The van der Waals surface area contributed by atoms with Crippen molar-refractivity contribution >= 4 is 11.6 Å². The van der Waals surface area contributed by atoms with Gasteiger partial charge < -0.3 is 15.8 Å². The number of nitrogens with zero attached hydrogens (tertiary/aromatic N) is 1. The Morgan fingerprint density at radius 3 is 2.83 bits per heavy atom. The maximum atomic E-state index is 11.6. The molecule has 0 aliphatic carbocycles. The summed E-state index contributed by atoms with van der Waals surface area (Å²) in [7, 11) is 0. The molecule has 0 saturated heterocycles. The third-order valence-corrected chi connectivity index (χ3v) is 2.42. The molecular weight excluding hydrogens is 230 g/mol. The van der Waals surface area contributed by atoms with E-state index in [0.29, 0.717) is 31.1 Å². The molecule has 100 valence electrons. The van der Waals surface area contributed by atoms with E-state index in [1.54, 1.807) is 18.3 Å². The summed E-state index contributed by atoms with van der Waals surface area (Å²) in [6.45, 7) is 3.17. The third kappa shape index (κ3) is 5.63. The van der Waals surface area contributed by atoms with Gasteiger partial charge in [0.15, 0.2) is 0 Å². The summed E-state index contributed by atoms with van der Waals surface area (Å²) in [5, 5.41) is 2.80. The minimum Gasteiger partial charge on any atom is -0.478 e. The Balaban J connectivity index is 2.30. The molecule has 0 aromatic carbocycles. The van der Waals surface area contributed by atoms with E-state index < -0.39 is 0 Å². The Labute approximate surface area is 108 Å². The molecule has 0 unspecified atom stereocenters. The fourth-order valence-electron chi connectivity index (χ4n) is 1.52. The molecule has 0 bridgehead atoms. The van der Waals surface area contributed by atoms with E-state index >= 15 is 0 Å². The van der Waals surface area contributed by atoms with Crippen molar-refractivity contribution in [1.82, 2.24) is 4.98 Å². The summed E-state index contributed by atoms with van der Waals surface area (Å²) in [4.78, 5) is 15.7. The fourth-order valence-corrected chi connectivity index (χ4v) is 1.52. The highest BCUT2D eigenvalue weighted by Crippen LogP contribution is 2.12. The van der Waals surface area contributed by atoms with Crippen LogP contribution >= 0.6 is 0 Å². The minimum atomic E-state index is 0.0120. The molecule has 1 aromatic rings. The van der Waals surface area contributed by atoms with E-state index in [1.165, 1.54) is 0 Å². The molecule has 0 atom stereocenters. The highest BCUT2D eigenvalue weighted by molar-refractivity contribution is 5.90. The van der Waals surface area contributed by atoms with Crippen molar-refractivity contribution in [3.8, 4) is 5.88 Å². The average molecular weight is 251 g/mol. The number of nitrogens with one attached hydrogen (secondary N) is 1. The Hall–Kier alpha value is -1.62. The summed E-state index contributed by atoms with van der Waals surface area (Å²) in [6, 6.07) is 3.53. The van der Waals surface area contributed by atoms with Crippen molar-refractivity contribution in [2.24, 2.45) is 5.73 Å². The number of rotatable bonds is 8. The van der Waals surface area contributed by atoms with Crippen molar-refractivity contribution in [3.63, 3.8) is 0 Å². The minimum absolute atomic E-state index is 0.0120. The number of carbonyl (C=O) groups excluding carboxylic acids is 1. The van der Waals surface area contributed by atoms with Gasteiger partial charge in [0.1, 0.15) is 0 Å². The number of aromatic nitrogens is 1. The zero-order valence-corrected chi connectivity index (χ0v) is 10.8. The van der Waals surface area contributed by atoms with E-state index in [4.69, 9.17) is 10.5 Å². The summed E-state index contributed by atoms with van der Waals surface area (Å²) < 4.78 is 5.22. The molecule has 5 heteroatoms. The number of amides is 1. The third-order valence-electron chi connectivity index (χ3n) is 2.42. The molecule has 18 heavy (non-hydrogen) atoms. The summed E-state index contributed by atoms with van der Waals surface area (Å²) in [5.74, 6) is 0.580. The second-order valence-corrected chi connectivity index (χ2v) is 3.97. The van der Waals surface area contributed by atoms with Crippen molar-refractivity contribution in [2.75, 3.05) is 18.5 Å². The van der Waals surface area contributed by atoms with Crippen molar-refractivity contribution in [2.45, 2.75) is 32.6 Å². The summed E-state index contributed by atoms with van der Waals surface area (Å²) in [6.07, 6.45) is 4.95. The lowest BCUT2D eigenvalue weighted by Gasteiger charge is -2.06. The zero-order chi connectivity index (χ0) is 13.2. The van der Waals surface area contributed by atoms with Gasteiger partial charge in [0.2, 0.25) is 11.8 Å². The highest BCUT2D eigenvalue weighted by atomic mass is 16.5. The van der Waals surface area contributed by atoms with Gasteiger partial charge in [0.25, 0.3) is 0 Å². The first-order valence-corrected chi connectivity index (χ1v) is 6.35. The molecule has 0 spiro atoms. The molecule has 1 rings (SSSR count). The van der Waals surface area contributed by atoms with Crippen LogP contribution in [0.25, 0.3) is 0 Å². The molecule has 1 amide bonds. The smallest absolute Gasteiger partial charge is 0.224 e. The Bertz CT molecular complexity index is 352. The number of anilines is 1. The number of nitrogens with two attached hydrogens (primary N) is 1. The largest absolute Gasteiger partial charge is 0.478 e. The van der Waals surface area contributed by atoms with Gasteiger partial charge in [-0.15, -0.1) is 0 Å². The Kier molecular flexibility index (Phi) is 6.79. The van der Waals surface area contributed by atoms with E-state index in [2.05, 4.69) is 10.3 Å². The number of ether oxygens (including phenoxy) is 1. The van der Waals surface area contributed by atoms with Crippen LogP contribution in [0, 0.1) is 0 Å². The van der Waals surface area contributed by atoms with Crippen molar-refractivity contribution in [1.29, 1.82) is 0 Å². The second kappa shape index (κ2) is 8.47. The summed E-state index contributed by atoms with van der Waals surface area (Å²) in [5.41, 5.74) is 6.08. The Morgan fingerprint density at radius 2 is 2.22 bits per heavy atom. The van der Waals surface area contributed by atoms with Crippen LogP contribution in [0.3, 0.4) is 0 Å². The van der Waals surface area contributed by atoms with Gasteiger partial charge in [-0.2, -0.15) is 0 Å². The van der Waals surface area contributed by atoms with E-state index in [9.17, 15) is 4.79 Å². The highest BCUT2D eigenvalue weighted by Gasteiger charge is 2.02. The summed E-state index contributed by atoms with van der Waals surface area (Å²) >= 11 is 0. The molecular formula is C13H21N3O2. The molecule has 0 aliphatic heterocycles. The molecule has 0 saturated carbocycles. The van der Waals surface area contributed by atoms with E-state index in [-0.39, 0.29) is 5.91 Å². The quantitative estimate of drug-likeness (QED) is 0.692. The van der Waals surface area contributed by atoms with Crippen LogP contribution in [-0.2, 0) is 4.79 Å². The van der Waals surface area contributed by atoms with Crippen LogP contribution in [0.15, 0.2) is 18.3 Å².